The van der Waals surface area contributed by atoms with Gasteiger partial charge in [0.05, 0.1) is 5.39 Å². The lowest BCUT2D eigenvalue weighted by Crippen LogP contribution is -2.42. The average Bonchev–Trinajstić information content (AvgIpc) is 2.54. The van der Waals surface area contributed by atoms with Crippen LogP contribution in [0.2, 0.25) is 0 Å². The molecule has 0 bridgehead atoms. The van der Waals surface area contributed by atoms with Crippen LogP contribution in [-0.2, 0) is 0 Å². The van der Waals surface area contributed by atoms with Gasteiger partial charge in [0.2, 0.25) is 0 Å². The van der Waals surface area contributed by atoms with Crippen LogP contribution in [0.3, 0.4) is 0 Å². The van der Waals surface area contributed by atoms with Crippen molar-refractivity contribution in [3.05, 3.63) is 46.3 Å². The van der Waals surface area contributed by atoms with Crippen molar-refractivity contribution < 1.29 is 9.21 Å². The first-order valence-electron chi connectivity index (χ1n) is 7.21. The zero-order valence-electron chi connectivity index (χ0n) is 11.7. The number of hydrogen-bond acceptors (Lipinski definition) is 4. The lowest BCUT2D eigenvalue weighted by Gasteiger charge is -2.31. The van der Waals surface area contributed by atoms with Crippen LogP contribution in [-0.4, -0.2) is 30.4 Å². The Balaban J connectivity index is 1.93. The molecule has 1 aliphatic heterocycles. The van der Waals surface area contributed by atoms with Gasteiger partial charge in [0.15, 0.2) is 11.2 Å². The summed E-state index contributed by atoms with van der Waals surface area (Å²) < 4.78 is 5.60. The number of fused-ring (bicyclic) bond motifs is 1. The molecule has 2 aromatic rings. The first-order chi connectivity index (χ1) is 10.2. The Kier molecular flexibility index (Phi) is 3.75. The zero-order valence-corrected chi connectivity index (χ0v) is 11.7. The van der Waals surface area contributed by atoms with Gasteiger partial charge in [-0.1, -0.05) is 12.1 Å². The Labute approximate surface area is 122 Å². The molecule has 0 saturated carbocycles. The molecule has 110 valence electrons. The van der Waals surface area contributed by atoms with E-state index in [1.54, 1.807) is 29.2 Å². The standard InChI is InChI=1S/C16H18N2O3/c17-9-11-4-3-7-18(10-11)16(20)15-8-13(19)12-5-1-2-6-14(12)21-15/h1-2,5-6,8,11H,3-4,7,9-10,17H2. The minimum Gasteiger partial charge on any atom is -0.451 e. The topological polar surface area (TPSA) is 76.5 Å². The molecule has 0 spiro atoms. The van der Waals surface area contributed by atoms with E-state index in [1.807, 2.05) is 0 Å². The molecule has 1 amide bonds. The van der Waals surface area contributed by atoms with Gasteiger partial charge in [0.25, 0.3) is 5.91 Å². The highest BCUT2D eigenvalue weighted by Crippen LogP contribution is 2.19. The number of rotatable bonds is 2. The van der Waals surface area contributed by atoms with E-state index in [4.69, 9.17) is 10.2 Å². The number of carbonyl (C=O) groups is 1. The summed E-state index contributed by atoms with van der Waals surface area (Å²) in [7, 11) is 0. The zero-order chi connectivity index (χ0) is 14.8. The minimum absolute atomic E-state index is 0.108. The summed E-state index contributed by atoms with van der Waals surface area (Å²) >= 11 is 0. The molecular weight excluding hydrogens is 268 g/mol. The normalized spacial score (nSPS) is 18.9. The predicted molar refractivity (Wildman–Crippen MR) is 80.2 cm³/mol. The lowest BCUT2D eigenvalue weighted by molar-refractivity contribution is 0.0646. The molecule has 1 unspecified atom stereocenters. The van der Waals surface area contributed by atoms with Gasteiger partial charge in [-0.3, -0.25) is 9.59 Å². The van der Waals surface area contributed by atoms with Crippen molar-refractivity contribution in [2.24, 2.45) is 11.7 Å². The molecule has 1 aliphatic rings. The second-order valence-electron chi connectivity index (χ2n) is 5.47. The van der Waals surface area contributed by atoms with Gasteiger partial charge in [-0.2, -0.15) is 0 Å². The quantitative estimate of drug-likeness (QED) is 0.909. The molecule has 3 rings (SSSR count). The van der Waals surface area contributed by atoms with Crippen LogP contribution in [0.5, 0.6) is 0 Å². The molecule has 1 atom stereocenters. The summed E-state index contributed by atoms with van der Waals surface area (Å²) in [5.74, 6) is 0.210. The smallest absolute Gasteiger partial charge is 0.289 e. The Bertz CT molecular complexity index is 723. The minimum atomic E-state index is -0.226. The van der Waals surface area contributed by atoms with Crippen molar-refractivity contribution in [3.8, 4) is 0 Å². The molecule has 2 N–H and O–H groups in total. The highest BCUT2D eigenvalue weighted by molar-refractivity contribution is 5.93. The summed E-state index contributed by atoms with van der Waals surface area (Å²) in [5.41, 5.74) is 5.95. The summed E-state index contributed by atoms with van der Waals surface area (Å²) in [6.45, 7) is 1.89. The fraction of sp³-hybridized carbons (Fsp3) is 0.375. The van der Waals surface area contributed by atoms with Gasteiger partial charge >= 0.3 is 0 Å². The van der Waals surface area contributed by atoms with Gasteiger partial charge < -0.3 is 15.1 Å². The lowest BCUT2D eigenvalue weighted by atomic mass is 9.98. The number of nitrogens with two attached hydrogens (primary N) is 1. The number of benzene rings is 1. The maximum absolute atomic E-state index is 12.5. The van der Waals surface area contributed by atoms with Gasteiger partial charge in [-0.15, -0.1) is 0 Å². The third-order valence-electron chi connectivity index (χ3n) is 3.98. The van der Waals surface area contributed by atoms with E-state index >= 15 is 0 Å². The Morgan fingerprint density at radius 3 is 3.00 bits per heavy atom. The van der Waals surface area contributed by atoms with E-state index in [1.165, 1.54) is 6.07 Å². The van der Waals surface area contributed by atoms with E-state index < -0.39 is 0 Å². The predicted octanol–water partition coefficient (Wildman–Crippen LogP) is 1.60. The summed E-state index contributed by atoms with van der Waals surface area (Å²) in [6, 6.07) is 8.24. The molecular formula is C16H18N2O3. The van der Waals surface area contributed by atoms with Crippen molar-refractivity contribution in [1.29, 1.82) is 0 Å². The van der Waals surface area contributed by atoms with Crippen molar-refractivity contribution in [1.82, 2.24) is 4.90 Å². The van der Waals surface area contributed by atoms with Crippen LogP contribution in [0, 0.1) is 5.92 Å². The summed E-state index contributed by atoms with van der Waals surface area (Å²) in [6.07, 6.45) is 1.98. The Morgan fingerprint density at radius 2 is 2.19 bits per heavy atom. The van der Waals surface area contributed by atoms with Crippen molar-refractivity contribution >= 4 is 16.9 Å². The van der Waals surface area contributed by atoms with Crippen LogP contribution in [0.15, 0.2) is 39.5 Å². The van der Waals surface area contributed by atoms with Gasteiger partial charge in [0.1, 0.15) is 5.58 Å². The van der Waals surface area contributed by atoms with Crippen molar-refractivity contribution in [3.63, 3.8) is 0 Å². The van der Waals surface area contributed by atoms with E-state index in [9.17, 15) is 9.59 Å². The number of carbonyl (C=O) groups excluding carboxylic acids is 1. The fourth-order valence-electron chi connectivity index (χ4n) is 2.81. The van der Waals surface area contributed by atoms with Crippen LogP contribution in [0.4, 0.5) is 0 Å². The first kappa shape index (κ1) is 13.8. The monoisotopic (exact) mass is 286 g/mol. The van der Waals surface area contributed by atoms with Crippen molar-refractivity contribution in [2.75, 3.05) is 19.6 Å². The number of amides is 1. The Morgan fingerprint density at radius 1 is 1.38 bits per heavy atom. The van der Waals surface area contributed by atoms with E-state index in [-0.39, 0.29) is 17.1 Å². The van der Waals surface area contributed by atoms with Crippen LogP contribution in [0.1, 0.15) is 23.4 Å². The average molecular weight is 286 g/mol. The molecule has 1 fully saturated rings. The van der Waals surface area contributed by atoms with Crippen LogP contribution < -0.4 is 11.2 Å². The van der Waals surface area contributed by atoms with E-state index in [2.05, 4.69) is 0 Å². The van der Waals surface area contributed by atoms with Crippen molar-refractivity contribution in [2.45, 2.75) is 12.8 Å². The third kappa shape index (κ3) is 2.69. The number of nitrogens with zero attached hydrogens (tertiary/aromatic N) is 1. The van der Waals surface area contributed by atoms with Gasteiger partial charge in [-0.25, -0.2) is 0 Å². The number of likely N-dealkylation sites (tertiary alicyclic amines) is 1. The molecule has 1 aromatic heterocycles. The maximum Gasteiger partial charge on any atom is 0.289 e. The number of hydrogen-bond donors (Lipinski definition) is 1. The molecule has 5 heteroatoms. The Hall–Kier alpha value is -2.14. The molecule has 5 nitrogen and oxygen atoms in total. The highest BCUT2D eigenvalue weighted by Gasteiger charge is 2.25. The fourth-order valence-corrected chi connectivity index (χ4v) is 2.81. The van der Waals surface area contributed by atoms with Crippen LogP contribution >= 0.6 is 0 Å². The summed E-state index contributed by atoms with van der Waals surface area (Å²) in [4.78, 5) is 26.3. The first-order valence-corrected chi connectivity index (χ1v) is 7.21. The molecule has 1 saturated heterocycles. The number of para-hydroxylation sites is 1. The largest absolute Gasteiger partial charge is 0.451 e. The van der Waals surface area contributed by atoms with E-state index in [0.717, 1.165) is 12.8 Å². The maximum atomic E-state index is 12.5. The number of piperidine rings is 1. The van der Waals surface area contributed by atoms with Crippen LogP contribution in [0.25, 0.3) is 11.0 Å². The van der Waals surface area contributed by atoms with Gasteiger partial charge in [-0.05, 0) is 37.4 Å². The molecule has 1 aromatic carbocycles. The third-order valence-corrected chi connectivity index (χ3v) is 3.98. The molecule has 0 radical (unpaired) electrons. The molecule has 0 aliphatic carbocycles. The summed E-state index contributed by atoms with van der Waals surface area (Å²) in [5, 5.41) is 0.493. The second kappa shape index (κ2) is 5.69. The molecule has 21 heavy (non-hydrogen) atoms. The van der Waals surface area contributed by atoms with Gasteiger partial charge in [0, 0.05) is 19.2 Å². The van der Waals surface area contributed by atoms with E-state index in [0.29, 0.717) is 36.5 Å². The highest BCUT2D eigenvalue weighted by atomic mass is 16.3. The molecule has 2 heterocycles. The SMILES string of the molecule is NCC1CCCN(C(=O)c2cc(=O)c3ccccc3o2)C1. The second-order valence-corrected chi connectivity index (χ2v) is 5.47.